The smallest absolute Gasteiger partial charge is 0.225 e. The van der Waals surface area contributed by atoms with Crippen molar-refractivity contribution in [3.05, 3.63) is 29.5 Å². The number of carbonyl (C=O) groups excluding carboxylic acids is 1. The van der Waals surface area contributed by atoms with Gasteiger partial charge in [0, 0.05) is 43.4 Å². The number of aromatic nitrogens is 2. The predicted octanol–water partition coefficient (Wildman–Crippen LogP) is 2.76. The zero-order valence-electron chi connectivity index (χ0n) is 16.2. The molecule has 0 spiro atoms. The SMILES string of the molecule is Cc1cc(C)c2ccc(N3CCCC(C(=O)NC4CCOCC4)C3)nc2n1. The summed E-state index contributed by atoms with van der Waals surface area (Å²) < 4.78 is 5.38. The minimum absolute atomic E-state index is 0.0197. The molecule has 1 N–H and O–H groups in total. The molecule has 1 atom stereocenters. The van der Waals surface area contributed by atoms with Crippen LogP contribution in [-0.2, 0) is 9.53 Å². The van der Waals surface area contributed by atoms with Gasteiger partial charge in [-0.2, -0.15) is 0 Å². The average Bonchev–Trinajstić information content (AvgIpc) is 2.68. The minimum atomic E-state index is 0.0197. The summed E-state index contributed by atoms with van der Waals surface area (Å²) in [5.74, 6) is 1.12. The Morgan fingerprint density at radius 2 is 2.00 bits per heavy atom. The van der Waals surface area contributed by atoms with Crippen molar-refractivity contribution in [2.45, 2.75) is 45.6 Å². The molecule has 0 aromatic carbocycles. The maximum Gasteiger partial charge on any atom is 0.225 e. The number of carbonyl (C=O) groups is 1. The quantitative estimate of drug-likeness (QED) is 0.902. The number of nitrogens with one attached hydrogen (secondary N) is 1. The van der Waals surface area contributed by atoms with E-state index in [1.807, 2.05) is 6.92 Å². The largest absolute Gasteiger partial charge is 0.381 e. The fourth-order valence-corrected chi connectivity index (χ4v) is 4.16. The van der Waals surface area contributed by atoms with Gasteiger partial charge in [0.25, 0.3) is 0 Å². The highest BCUT2D eigenvalue weighted by Gasteiger charge is 2.28. The Balaban J connectivity index is 1.47. The van der Waals surface area contributed by atoms with E-state index >= 15 is 0 Å². The number of amides is 1. The van der Waals surface area contributed by atoms with Crippen LogP contribution in [0, 0.1) is 19.8 Å². The third-order valence-electron chi connectivity index (χ3n) is 5.68. The van der Waals surface area contributed by atoms with Gasteiger partial charge in [0.2, 0.25) is 5.91 Å². The summed E-state index contributed by atoms with van der Waals surface area (Å²) in [4.78, 5) is 24.4. The van der Waals surface area contributed by atoms with Crippen molar-refractivity contribution < 1.29 is 9.53 Å². The molecule has 4 heterocycles. The first-order valence-corrected chi connectivity index (χ1v) is 9.98. The van der Waals surface area contributed by atoms with Gasteiger partial charge in [0.1, 0.15) is 5.82 Å². The Bertz CT molecular complexity index is 832. The molecule has 2 aliphatic heterocycles. The second-order valence-electron chi connectivity index (χ2n) is 7.80. The fraction of sp³-hybridized carbons (Fsp3) is 0.571. The van der Waals surface area contributed by atoms with Crippen LogP contribution in [0.4, 0.5) is 5.82 Å². The van der Waals surface area contributed by atoms with Crippen molar-refractivity contribution in [1.29, 1.82) is 0 Å². The van der Waals surface area contributed by atoms with Crippen molar-refractivity contribution in [3.63, 3.8) is 0 Å². The monoisotopic (exact) mass is 368 g/mol. The predicted molar refractivity (Wildman–Crippen MR) is 106 cm³/mol. The van der Waals surface area contributed by atoms with E-state index in [1.54, 1.807) is 0 Å². The summed E-state index contributed by atoms with van der Waals surface area (Å²) in [5, 5.41) is 4.32. The molecule has 2 aromatic heterocycles. The van der Waals surface area contributed by atoms with Crippen molar-refractivity contribution in [3.8, 4) is 0 Å². The molecule has 6 nitrogen and oxygen atoms in total. The van der Waals surface area contributed by atoms with Crippen LogP contribution in [0.2, 0.25) is 0 Å². The maximum atomic E-state index is 12.7. The van der Waals surface area contributed by atoms with Gasteiger partial charge in [-0.05, 0) is 63.3 Å². The summed E-state index contributed by atoms with van der Waals surface area (Å²) in [6, 6.07) is 6.51. The molecular formula is C21H28N4O2. The lowest BCUT2D eigenvalue weighted by Gasteiger charge is -2.34. The van der Waals surface area contributed by atoms with E-state index < -0.39 is 0 Å². The van der Waals surface area contributed by atoms with Gasteiger partial charge in [-0.3, -0.25) is 4.79 Å². The summed E-state index contributed by atoms with van der Waals surface area (Å²) in [7, 11) is 0. The lowest BCUT2D eigenvalue weighted by atomic mass is 9.96. The molecule has 1 amide bonds. The molecule has 2 saturated heterocycles. The molecular weight excluding hydrogens is 340 g/mol. The molecule has 2 fully saturated rings. The van der Waals surface area contributed by atoms with Crippen LogP contribution >= 0.6 is 0 Å². The highest BCUT2D eigenvalue weighted by atomic mass is 16.5. The van der Waals surface area contributed by atoms with E-state index in [0.29, 0.717) is 0 Å². The molecule has 2 aliphatic rings. The lowest BCUT2D eigenvalue weighted by molar-refractivity contribution is -0.126. The van der Waals surface area contributed by atoms with Gasteiger partial charge in [-0.15, -0.1) is 0 Å². The van der Waals surface area contributed by atoms with Crippen molar-refractivity contribution in [1.82, 2.24) is 15.3 Å². The second kappa shape index (κ2) is 7.80. The summed E-state index contributed by atoms with van der Waals surface area (Å²) in [6.07, 6.45) is 3.78. The third-order valence-corrected chi connectivity index (χ3v) is 5.68. The Kier molecular flexibility index (Phi) is 5.25. The lowest BCUT2D eigenvalue weighted by Crippen LogP contribution is -2.47. The third kappa shape index (κ3) is 4.05. The van der Waals surface area contributed by atoms with Crippen LogP contribution in [0.15, 0.2) is 18.2 Å². The van der Waals surface area contributed by atoms with Crippen LogP contribution in [0.1, 0.15) is 36.9 Å². The first kappa shape index (κ1) is 18.2. The first-order chi connectivity index (χ1) is 13.1. The minimum Gasteiger partial charge on any atom is -0.381 e. The molecule has 4 rings (SSSR count). The number of hydrogen-bond acceptors (Lipinski definition) is 5. The van der Waals surface area contributed by atoms with Crippen molar-refractivity contribution in [2.24, 2.45) is 5.92 Å². The van der Waals surface area contributed by atoms with E-state index in [9.17, 15) is 4.79 Å². The maximum absolute atomic E-state index is 12.7. The number of nitrogens with zero attached hydrogens (tertiary/aromatic N) is 3. The van der Waals surface area contributed by atoms with Crippen molar-refractivity contribution in [2.75, 3.05) is 31.2 Å². The first-order valence-electron chi connectivity index (χ1n) is 9.98. The highest BCUT2D eigenvalue weighted by Crippen LogP contribution is 2.25. The zero-order valence-corrected chi connectivity index (χ0v) is 16.2. The Morgan fingerprint density at radius 1 is 1.19 bits per heavy atom. The number of piperidine rings is 1. The Labute approximate surface area is 160 Å². The van der Waals surface area contributed by atoms with Gasteiger partial charge >= 0.3 is 0 Å². The summed E-state index contributed by atoms with van der Waals surface area (Å²) >= 11 is 0. The van der Waals surface area contributed by atoms with E-state index in [0.717, 1.165) is 74.5 Å². The van der Waals surface area contributed by atoms with E-state index in [4.69, 9.17) is 9.72 Å². The van der Waals surface area contributed by atoms with Crippen LogP contribution in [0.5, 0.6) is 0 Å². The van der Waals surface area contributed by atoms with E-state index in [2.05, 4.69) is 40.3 Å². The van der Waals surface area contributed by atoms with E-state index in [1.165, 1.54) is 5.56 Å². The topological polar surface area (TPSA) is 67.4 Å². The zero-order chi connectivity index (χ0) is 18.8. The number of anilines is 1. The van der Waals surface area contributed by atoms with Gasteiger partial charge in [0.15, 0.2) is 5.65 Å². The van der Waals surface area contributed by atoms with Crippen LogP contribution < -0.4 is 10.2 Å². The number of pyridine rings is 2. The molecule has 0 bridgehead atoms. The molecule has 27 heavy (non-hydrogen) atoms. The fourth-order valence-electron chi connectivity index (χ4n) is 4.16. The van der Waals surface area contributed by atoms with Gasteiger partial charge in [-0.25, -0.2) is 9.97 Å². The molecule has 144 valence electrons. The number of hydrogen-bond donors (Lipinski definition) is 1. The molecule has 6 heteroatoms. The van der Waals surface area contributed by atoms with Crippen molar-refractivity contribution >= 4 is 22.8 Å². The molecule has 2 aromatic rings. The van der Waals surface area contributed by atoms with Gasteiger partial charge in [0.05, 0.1) is 5.92 Å². The number of ether oxygens (including phenoxy) is 1. The Morgan fingerprint density at radius 3 is 2.81 bits per heavy atom. The van der Waals surface area contributed by atoms with Crippen LogP contribution in [0.3, 0.4) is 0 Å². The molecule has 0 saturated carbocycles. The number of aryl methyl sites for hydroxylation is 2. The summed E-state index contributed by atoms with van der Waals surface area (Å²) in [5.41, 5.74) is 2.97. The Hall–Kier alpha value is -2.21. The van der Waals surface area contributed by atoms with Crippen LogP contribution in [-0.4, -0.2) is 48.2 Å². The molecule has 0 radical (unpaired) electrons. The average molecular weight is 368 g/mol. The number of rotatable bonds is 3. The highest BCUT2D eigenvalue weighted by molar-refractivity contribution is 5.81. The normalized spacial score (nSPS) is 21.4. The van der Waals surface area contributed by atoms with Crippen LogP contribution in [0.25, 0.3) is 11.0 Å². The summed E-state index contributed by atoms with van der Waals surface area (Å²) in [6.45, 7) is 7.24. The van der Waals surface area contributed by atoms with E-state index in [-0.39, 0.29) is 17.9 Å². The van der Waals surface area contributed by atoms with Gasteiger partial charge < -0.3 is 15.0 Å². The molecule has 0 aliphatic carbocycles. The molecule has 1 unspecified atom stereocenters. The second-order valence-corrected chi connectivity index (χ2v) is 7.80. The standard InChI is InChI=1S/C21H28N4O2/c1-14-12-15(2)22-20-18(14)5-6-19(24-20)25-9-3-4-16(13-25)21(26)23-17-7-10-27-11-8-17/h5-6,12,16-17H,3-4,7-11,13H2,1-2H3,(H,23,26). The van der Waals surface area contributed by atoms with Gasteiger partial charge in [-0.1, -0.05) is 0 Å². The number of fused-ring (bicyclic) bond motifs is 1.